The van der Waals surface area contributed by atoms with Crippen LogP contribution in [0.15, 0.2) is 30.3 Å². The molecule has 0 unspecified atom stereocenters. The van der Waals surface area contributed by atoms with Crippen molar-refractivity contribution in [2.75, 3.05) is 0 Å². The number of benzene rings is 1. The second kappa shape index (κ2) is 8.65. The average Bonchev–Trinajstić information content (AvgIpc) is 2.30. The van der Waals surface area contributed by atoms with Gasteiger partial charge in [0.15, 0.2) is 0 Å². The molecule has 0 aromatic heterocycles. The number of Topliss-reactive ketones (excluding diaryl/α,β-unsaturated/α-hetero) is 1. The Bertz CT molecular complexity index is 317. The normalized spacial score (nSPS) is 8.69. The molecule has 0 radical (unpaired) electrons. The van der Waals surface area contributed by atoms with Gasteiger partial charge in [0, 0.05) is 0 Å². The molecule has 0 N–H and O–H groups in total. The number of esters is 1. The zero-order valence-electron chi connectivity index (χ0n) is 10.0. The summed E-state index contributed by atoms with van der Waals surface area (Å²) in [5, 5.41) is 0. The number of hydrogen-bond donors (Lipinski definition) is 0. The number of hydrogen-bond acceptors (Lipinski definition) is 3. The maximum Gasteiger partial charge on any atom is 0.313 e. The van der Waals surface area contributed by atoms with Crippen LogP contribution in [-0.4, -0.2) is 11.8 Å². The minimum Gasteiger partial charge on any atom is -0.460 e. The van der Waals surface area contributed by atoms with Crippen LogP contribution < -0.4 is 0 Å². The lowest BCUT2D eigenvalue weighted by Crippen LogP contribution is -2.08. The van der Waals surface area contributed by atoms with Crippen molar-refractivity contribution in [2.24, 2.45) is 0 Å². The molecular formula is C13H18O3. The summed E-state index contributed by atoms with van der Waals surface area (Å²) in [6.07, 6.45) is -0.146. The molecule has 0 spiro atoms. The van der Waals surface area contributed by atoms with Crippen LogP contribution >= 0.6 is 0 Å². The van der Waals surface area contributed by atoms with E-state index in [4.69, 9.17) is 4.74 Å². The molecule has 0 saturated heterocycles. The fourth-order valence-corrected chi connectivity index (χ4v) is 0.992. The lowest BCUT2D eigenvalue weighted by molar-refractivity contribution is -0.146. The molecule has 1 rings (SSSR count). The van der Waals surface area contributed by atoms with Crippen molar-refractivity contribution in [1.29, 1.82) is 0 Å². The van der Waals surface area contributed by atoms with Gasteiger partial charge in [-0.05, 0) is 12.5 Å². The lowest BCUT2D eigenvalue weighted by Gasteiger charge is -2.02. The molecule has 16 heavy (non-hydrogen) atoms. The molecule has 1 aromatic rings. The first-order valence-electron chi connectivity index (χ1n) is 5.37. The zero-order valence-corrected chi connectivity index (χ0v) is 10.0. The summed E-state index contributed by atoms with van der Waals surface area (Å²) in [5.41, 5.74) is 0.921. The largest absolute Gasteiger partial charge is 0.460 e. The minimum atomic E-state index is -0.471. The topological polar surface area (TPSA) is 43.4 Å². The highest BCUT2D eigenvalue weighted by Gasteiger charge is 2.05. The van der Waals surface area contributed by atoms with Crippen LogP contribution in [0, 0.1) is 0 Å². The molecule has 0 saturated carbocycles. The van der Waals surface area contributed by atoms with Crippen molar-refractivity contribution >= 4 is 11.8 Å². The fourth-order valence-electron chi connectivity index (χ4n) is 0.992. The van der Waals surface area contributed by atoms with E-state index in [9.17, 15) is 9.59 Å². The van der Waals surface area contributed by atoms with E-state index in [1.807, 2.05) is 44.2 Å². The van der Waals surface area contributed by atoms with Gasteiger partial charge in [0.1, 0.15) is 18.8 Å². The van der Waals surface area contributed by atoms with Gasteiger partial charge in [-0.3, -0.25) is 9.59 Å². The second-order valence-corrected chi connectivity index (χ2v) is 3.03. The predicted octanol–water partition coefficient (Wildman–Crippen LogP) is 2.74. The highest BCUT2D eigenvalue weighted by Crippen LogP contribution is 2.01. The van der Waals surface area contributed by atoms with Crippen LogP contribution in [0.4, 0.5) is 0 Å². The van der Waals surface area contributed by atoms with Gasteiger partial charge in [0.25, 0.3) is 0 Å². The van der Waals surface area contributed by atoms with Crippen LogP contribution in [0.25, 0.3) is 0 Å². The molecule has 0 aliphatic carbocycles. The zero-order chi connectivity index (χ0) is 12.4. The van der Waals surface area contributed by atoms with E-state index in [0.717, 1.165) is 5.56 Å². The molecule has 0 heterocycles. The Labute approximate surface area is 96.4 Å². The van der Waals surface area contributed by atoms with Crippen LogP contribution in [0.5, 0.6) is 0 Å². The average molecular weight is 222 g/mol. The fraction of sp³-hybridized carbons (Fsp3) is 0.385. The third-order valence-electron chi connectivity index (χ3n) is 1.64. The number of carbonyl (C=O) groups is 2. The monoisotopic (exact) mass is 222 g/mol. The lowest BCUT2D eigenvalue weighted by atomic mass is 10.2. The summed E-state index contributed by atoms with van der Waals surface area (Å²) in [7, 11) is 0. The Hall–Kier alpha value is -1.64. The Morgan fingerprint density at radius 1 is 1.12 bits per heavy atom. The Morgan fingerprint density at radius 2 is 1.69 bits per heavy atom. The Balaban J connectivity index is 0.00000106. The molecule has 0 fully saturated rings. The Kier molecular flexibility index (Phi) is 7.76. The van der Waals surface area contributed by atoms with Crippen LogP contribution in [0.1, 0.15) is 32.8 Å². The third kappa shape index (κ3) is 6.76. The summed E-state index contributed by atoms with van der Waals surface area (Å²) < 4.78 is 4.88. The van der Waals surface area contributed by atoms with Crippen molar-refractivity contribution in [1.82, 2.24) is 0 Å². The van der Waals surface area contributed by atoms with Crippen LogP contribution in [-0.2, 0) is 20.9 Å². The van der Waals surface area contributed by atoms with E-state index < -0.39 is 5.97 Å². The van der Waals surface area contributed by atoms with Crippen molar-refractivity contribution in [3.63, 3.8) is 0 Å². The van der Waals surface area contributed by atoms with Crippen molar-refractivity contribution in [3.05, 3.63) is 35.9 Å². The number of ether oxygens (including phenoxy) is 1. The third-order valence-corrected chi connectivity index (χ3v) is 1.64. The van der Waals surface area contributed by atoms with Gasteiger partial charge in [-0.25, -0.2) is 0 Å². The second-order valence-electron chi connectivity index (χ2n) is 3.03. The van der Waals surface area contributed by atoms with Gasteiger partial charge in [0.2, 0.25) is 0 Å². The molecule has 88 valence electrons. The van der Waals surface area contributed by atoms with Gasteiger partial charge in [-0.1, -0.05) is 44.2 Å². The summed E-state index contributed by atoms with van der Waals surface area (Å²) in [6, 6.07) is 9.35. The van der Waals surface area contributed by atoms with Crippen LogP contribution in [0.3, 0.4) is 0 Å². The molecule has 3 heteroatoms. The first kappa shape index (κ1) is 14.4. The molecule has 0 bridgehead atoms. The first-order chi connectivity index (χ1) is 7.68. The van der Waals surface area contributed by atoms with Crippen molar-refractivity contribution in [2.45, 2.75) is 33.8 Å². The summed E-state index contributed by atoms with van der Waals surface area (Å²) in [6.45, 7) is 5.59. The van der Waals surface area contributed by atoms with E-state index in [-0.39, 0.29) is 18.8 Å². The molecule has 3 nitrogen and oxygen atoms in total. The summed E-state index contributed by atoms with van der Waals surface area (Å²) in [4.78, 5) is 21.5. The molecule has 0 aliphatic rings. The minimum absolute atomic E-state index is 0.146. The van der Waals surface area contributed by atoms with Gasteiger partial charge in [0.05, 0.1) is 0 Å². The predicted molar refractivity (Wildman–Crippen MR) is 62.9 cm³/mol. The maximum atomic E-state index is 11.0. The number of carbonyl (C=O) groups excluding carboxylic acids is 2. The molecule has 0 atom stereocenters. The quantitative estimate of drug-likeness (QED) is 0.581. The molecule has 0 amide bonds. The first-order valence-corrected chi connectivity index (χ1v) is 5.37. The van der Waals surface area contributed by atoms with E-state index >= 15 is 0 Å². The van der Waals surface area contributed by atoms with E-state index in [1.165, 1.54) is 6.92 Å². The van der Waals surface area contributed by atoms with E-state index in [1.54, 1.807) is 0 Å². The highest BCUT2D eigenvalue weighted by atomic mass is 16.5. The van der Waals surface area contributed by atoms with Crippen molar-refractivity contribution < 1.29 is 14.3 Å². The Morgan fingerprint density at radius 3 is 2.19 bits per heavy atom. The molecule has 1 aromatic carbocycles. The number of ketones is 1. The van der Waals surface area contributed by atoms with Gasteiger partial charge < -0.3 is 4.74 Å². The smallest absolute Gasteiger partial charge is 0.313 e. The standard InChI is InChI=1S/C11H12O3.C2H6/c1-9(12)7-11(13)14-8-10-5-3-2-4-6-10;1-2/h2-6H,7-8H2,1H3;1-2H3. The summed E-state index contributed by atoms with van der Waals surface area (Å²) in [5.74, 6) is -0.649. The van der Waals surface area contributed by atoms with Gasteiger partial charge in [-0.15, -0.1) is 0 Å². The molecular weight excluding hydrogens is 204 g/mol. The van der Waals surface area contributed by atoms with E-state index in [0.29, 0.717) is 0 Å². The number of rotatable bonds is 4. The van der Waals surface area contributed by atoms with Gasteiger partial charge in [-0.2, -0.15) is 0 Å². The molecule has 0 aliphatic heterocycles. The summed E-state index contributed by atoms with van der Waals surface area (Å²) >= 11 is 0. The van der Waals surface area contributed by atoms with Crippen molar-refractivity contribution in [3.8, 4) is 0 Å². The van der Waals surface area contributed by atoms with Gasteiger partial charge >= 0.3 is 5.97 Å². The highest BCUT2D eigenvalue weighted by molar-refractivity contribution is 5.94. The maximum absolute atomic E-state index is 11.0. The van der Waals surface area contributed by atoms with E-state index in [2.05, 4.69) is 0 Å². The van der Waals surface area contributed by atoms with Crippen LogP contribution in [0.2, 0.25) is 0 Å². The SMILES string of the molecule is CC.CC(=O)CC(=O)OCc1ccccc1.